The average Bonchev–Trinajstić information content (AvgIpc) is 3.43. The van der Waals surface area contributed by atoms with Crippen LogP contribution >= 0.6 is 0 Å². The third kappa shape index (κ3) is 3.31. The minimum atomic E-state index is -4.69. The number of rotatable bonds is 4. The lowest BCUT2D eigenvalue weighted by molar-refractivity contribution is -0.136. The van der Waals surface area contributed by atoms with Crippen LogP contribution in [-0.4, -0.2) is 22.0 Å². The van der Waals surface area contributed by atoms with Crippen molar-refractivity contribution in [3.8, 4) is 34.0 Å². The molecule has 5 rings (SSSR count). The van der Waals surface area contributed by atoms with Crippen LogP contribution in [0.25, 0.3) is 34.0 Å². The maximum Gasteiger partial charge on any atom is 0.422 e. The number of alkyl halides is 3. The van der Waals surface area contributed by atoms with Crippen LogP contribution in [0.1, 0.15) is 35.1 Å². The first-order chi connectivity index (χ1) is 15.4. The van der Waals surface area contributed by atoms with Gasteiger partial charge < -0.3 is 14.2 Å². The summed E-state index contributed by atoms with van der Waals surface area (Å²) in [7, 11) is 0. The molecule has 2 aromatic heterocycles. The number of aliphatic hydroxyl groups excluding tert-OH is 1. The van der Waals surface area contributed by atoms with Crippen LogP contribution in [0, 0.1) is 0 Å². The van der Waals surface area contributed by atoms with E-state index < -0.39 is 11.7 Å². The quantitative estimate of drug-likeness (QED) is 0.429. The summed E-state index contributed by atoms with van der Waals surface area (Å²) in [5.74, 6) is -0.371. The van der Waals surface area contributed by atoms with Gasteiger partial charge in [0.05, 0.1) is 0 Å². The van der Waals surface area contributed by atoms with E-state index >= 15 is 0 Å². The second-order valence-corrected chi connectivity index (χ2v) is 7.94. The van der Waals surface area contributed by atoms with E-state index in [-0.39, 0.29) is 35.3 Å². The minimum absolute atomic E-state index is 0.00421. The summed E-state index contributed by atoms with van der Waals surface area (Å²) >= 11 is 0. The zero-order chi connectivity index (χ0) is 22.5. The van der Waals surface area contributed by atoms with Crippen molar-refractivity contribution in [2.45, 2.75) is 31.9 Å². The van der Waals surface area contributed by atoms with Gasteiger partial charge in [0.2, 0.25) is 0 Å². The van der Waals surface area contributed by atoms with E-state index in [4.69, 9.17) is 9.05 Å². The highest BCUT2D eigenvalue weighted by atomic mass is 19.4. The first kappa shape index (κ1) is 20.5. The van der Waals surface area contributed by atoms with Gasteiger partial charge in [-0.05, 0) is 24.0 Å². The predicted molar refractivity (Wildman–Crippen MR) is 111 cm³/mol. The minimum Gasteiger partial charge on any atom is -0.396 e. The van der Waals surface area contributed by atoms with Crippen molar-refractivity contribution in [3.63, 3.8) is 0 Å². The Bertz CT molecular complexity index is 1280. The zero-order valence-electron chi connectivity index (χ0n) is 17.1. The van der Waals surface area contributed by atoms with E-state index in [1.807, 2.05) is 25.1 Å². The molecule has 0 bridgehead atoms. The number of aryl methyl sites for hydroxylation is 1. The Morgan fingerprint density at radius 3 is 2.41 bits per heavy atom. The standard InChI is InChI=1S/C24H19F3N2O3/c1-13(12-30)15-7-9-17-16(11-15)8-10-18-20(17)28-32-23(18)21-19(24(25,26)27)22(31-29-21)14-5-3-2-4-6-14/h2-7,9,11,13,30H,8,10,12H2,1H3. The van der Waals surface area contributed by atoms with Crippen LogP contribution in [0.3, 0.4) is 0 Å². The Morgan fingerprint density at radius 2 is 1.69 bits per heavy atom. The SMILES string of the molecule is CC(CO)c1ccc2c(c1)CCc1c-2noc1-c1noc(-c2ccccc2)c1C(F)(F)F. The summed E-state index contributed by atoms with van der Waals surface area (Å²) < 4.78 is 52.8. The number of hydrogen-bond donors (Lipinski definition) is 1. The van der Waals surface area contributed by atoms with Crippen molar-refractivity contribution >= 4 is 0 Å². The molecular weight excluding hydrogens is 421 g/mol. The molecule has 2 heterocycles. The van der Waals surface area contributed by atoms with Gasteiger partial charge >= 0.3 is 6.18 Å². The van der Waals surface area contributed by atoms with Crippen molar-refractivity contribution in [3.05, 3.63) is 70.8 Å². The van der Waals surface area contributed by atoms with Crippen LogP contribution in [0.5, 0.6) is 0 Å². The third-order valence-corrected chi connectivity index (χ3v) is 5.89. The van der Waals surface area contributed by atoms with Crippen molar-refractivity contribution in [2.24, 2.45) is 0 Å². The number of benzene rings is 2. The number of aromatic nitrogens is 2. The molecule has 1 N–H and O–H groups in total. The maximum atomic E-state index is 14.1. The summed E-state index contributed by atoms with van der Waals surface area (Å²) in [4.78, 5) is 0. The summed E-state index contributed by atoms with van der Waals surface area (Å²) in [6.45, 7) is 1.96. The first-order valence-corrected chi connectivity index (χ1v) is 10.2. The van der Waals surface area contributed by atoms with Crippen molar-refractivity contribution in [1.29, 1.82) is 0 Å². The molecule has 164 valence electrons. The Kier molecular flexibility index (Phi) is 4.89. The highest BCUT2D eigenvalue weighted by Crippen LogP contribution is 2.46. The Labute approximate surface area is 181 Å². The molecule has 0 aliphatic heterocycles. The topological polar surface area (TPSA) is 72.3 Å². The van der Waals surface area contributed by atoms with E-state index in [0.717, 1.165) is 16.7 Å². The normalized spacial score (nSPS) is 14.2. The number of hydrogen-bond acceptors (Lipinski definition) is 5. The monoisotopic (exact) mass is 440 g/mol. The first-order valence-electron chi connectivity index (χ1n) is 10.2. The molecule has 0 radical (unpaired) electrons. The smallest absolute Gasteiger partial charge is 0.396 e. The number of fused-ring (bicyclic) bond motifs is 3. The maximum absolute atomic E-state index is 14.1. The second kappa shape index (κ2) is 7.63. The summed E-state index contributed by atoms with van der Waals surface area (Å²) in [5.41, 5.74) is 2.86. The van der Waals surface area contributed by atoms with Crippen LogP contribution in [0.4, 0.5) is 13.2 Å². The molecule has 5 nitrogen and oxygen atoms in total. The molecule has 1 aliphatic rings. The van der Waals surface area contributed by atoms with Gasteiger partial charge in [0.15, 0.2) is 17.2 Å². The van der Waals surface area contributed by atoms with Crippen LogP contribution in [0.2, 0.25) is 0 Å². The van der Waals surface area contributed by atoms with E-state index in [0.29, 0.717) is 24.1 Å². The number of nitrogens with zero attached hydrogens (tertiary/aromatic N) is 2. The Hall–Kier alpha value is -3.39. The lowest BCUT2D eigenvalue weighted by atomic mass is 9.85. The van der Waals surface area contributed by atoms with E-state index in [1.165, 1.54) is 12.1 Å². The second-order valence-electron chi connectivity index (χ2n) is 7.94. The van der Waals surface area contributed by atoms with Crippen molar-refractivity contribution < 1.29 is 27.3 Å². The van der Waals surface area contributed by atoms with Gasteiger partial charge in [-0.15, -0.1) is 0 Å². The van der Waals surface area contributed by atoms with Gasteiger partial charge in [0.25, 0.3) is 0 Å². The molecule has 0 amide bonds. The number of aliphatic hydroxyl groups is 1. The number of halogens is 3. The van der Waals surface area contributed by atoms with Crippen LogP contribution in [-0.2, 0) is 19.0 Å². The molecule has 32 heavy (non-hydrogen) atoms. The zero-order valence-corrected chi connectivity index (χ0v) is 17.1. The van der Waals surface area contributed by atoms with E-state index in [1.54, 1.807) is 18.2 Å². The molecule has 0 saturated heterocycles. The van der Waals surface area contributed by atoms with Crippen LogP contribution in [0.15, 0.2) is 57.6 Å². The Morgan fingerprint density at radius 1 is 0.969 bits per heavy atom. The van der Waals surface area contributed by atoms with Crippen LogP contribution < -0.4 is 0 Å². The lowest BCUT2D eigenvalue weighted by Crippen LogP contribution is -2.09. The third-order valence-electron chi connectivity index (χ3n) is 5.89. The van der Waals surface area contributed by atoms with Gasteiger partial charge in [0, 0.05) is 29.2 Å². The van der Waals surface area contributed by atoms with E-state index in [9.17, 15) is 18.3 Å². The molecule has 0 spiro atoms. The highest BCUT2D eigenvalue weighted by Gasteiger charge is 2.43. The summed E-state index contributed by atoms with van der Waals surface area (Å²) in [6, 6.07) is 13.8. The molecule has 4 aromatic rings. The lowest BCUT2D eigenvalue weighted by Gasteiger charge is -2.18. The van der Waals surface area contributed by atoms with Gasteiger partial charge in [-0.2, -0.15) is 13.2 Å². The predicted octanol–water partition coefficient (Wildman–Crippen LogP) is 5.88. The largest absolute Gasteiger partial charge is 0.422 e. The highest BCUT2D eigenvalue weighted by molar-refractivity contribution is 5.79. The molecule has 8 heteroatoms. The van der Waals surface area contributed by atoms with Gasteiger partial charge in [-0.25, -0.2) is 0 Å². The Balaban J connectivity index is 1.63. The molecule has 0 saturated carbocycles. The molecule has 1 unspecified atom stereocenters. The fourth-order valence-corrected chi connectivity index (χ4v) is 4.16. The molecule has 1 aliphatic carbocycles. The van der Waals surface area contributed by atoms with Gasteiger partial charge in [0.1, 0.15) is 11.3 Å². The average molecular weight is 440 g/mol. The van der Waals surface area contributed by atoms with Crippen molar-refractivity contribution in [2.75, 3.05) is 6.61 Å². The molecular formula is C24H19F3N2O3. The molecule has 1 atom stereocenters. The fraction of sp³-hybridized carbons (Fsp3) is 0.250. The molecule has 2 aromatic carbocycles. The van der Waals surface area contributed by atoms with Crippen molar-refractivity contribution in [1.82, 2.24) is 10.3 Å². The van der Waals surface area contributed by atoms with Gasteiger partial charge in [-0.1, -0.05) is 65.8 Å². The summed E-state index contributed by atoms with van der Waals surface area (Å²) in [6.07, 6.45) is -3.61. The van der Waals surface area contributed by atoms with Gasteiger partial charge in [-0.3, -0.25) is 0 Å². The van der Waals surface area contributed by atoms with E-state index in [2.05, 4.69) is 10.3 Å². The summed E-state index contributed by atoms with van der Waals surface area (Å²) in [5, 5.41) is 17.3. The molecule has 0 fully saturated rings. The fourth-order valence-electron chi connectivity index (χ4n) is 4.16.